The Balaban J connectivity index is 0.00000144. The van der Waals surface area contributed by atoms with Crippen LogP contribution < -0.4 is 51.9 Å². The topological polar surface area (TPSA) is 464 Å². The summed E-state index contributed by atoms with van der Waals surface area (Å²) < 4.78 is 40.2. The molecule has 0 aromatic heterocycles. The number of aryl methyl sites for hydroxylation is 7. The first-order valence-electron chi connectivity index (χ1n) is 43.3. The molecule has 4 unspecified atom stereocenters. The molecule has 0 spiro atoms. The molecule has 1 heterocycles. The number of rotatable bonds is 48. The highest BCUT2D eigenvalue weighted by molar-refractivity contribution is 8.93. The summed E-state index contributed by atoms with van der Waals surface area (Å²) in [6.07, 6.45) is 18.4. The predicted octanol–water partition coefficient (Wildman–Crippen LogP) is 14.4. The second-order valence-electron chi connectivity index (χ2n) is 29.7. The van der Waals surface area contributed by atoms with Crippen LogP contribution in [0.5, 0.6) is 40.2 Å². The van der Waals surface area contributed by atoms with Crippen LogP contribution in [-0.4, -0.2) is 199 Å². The van der Waals surface area contributed by atoms with Crippen molar-refractivity contribution in [1.29, 1.82) is 0 Å². The average molecular weight is 1860 g/mol. The highest BCUT2D eigenvalue weighted by Crippen LogP contribution is 2.21. The number of carbonyl (C=O) groups is 4. The number of aliphatic carboxylic acids is 1. The Hall–Kier alpha value is -9.63. The molecule has 1 fully saturated rings. The summed E-state index contributed by atoms with van der Waals surface area (Å²) >= 11 is 4.86. The Morgan fingerprint density at radius 3 is 1.02 bits per heavy atom. The van der Waals surface area contributed by atoms with Crippen molar-refractivity contribution in [2.75, 3.05) is 99.9 Å². The van der Waals surface area contributed by atoms with Gasteiger partial charge < -0.3 is 117 Å². The minimum absolute atomic E-state index is 0. The molecule has 4 atom stereocenters. The van der Waals surface area contributed by atoms with Crippen molar-refractivity contribution in [3.8, 4) is 40.2 Å². The maximum atomic E-state index is 11.6. The normalized spacial score (nSPS) is 11.8. The summed E-state index contributed by atoms with van der Waals surface area (Å²) in [5, 5.41) is 90.9. The summed E-state index contributed by atoms with van der Waals surface area (Å²) in [4.78, 5) is 42.3. The number of hydrogen-bond acceptors (Lipinski definition) is 24. The number of aliphatic hydroxyl groups excluding tert-OH is 7. The Labute approximate surface area is 767 Å². The van der Waals surface area contributed by atoms with Gasteiger partial charge in [0.1, 0.15) is 91.1 Å². The second-order valence-corrected chi connectivity index (χ2v) is 30.0. The molecule has 29 heteroatoms. The number of hydrogen-bond donors (Lipinski definition) is 15. The number of halogens is 2. The molecule has 8 aromatic carbocycles. The molecule has 0 aliphatic carbocycles. The third-order valence-electron chi connectivity index (χ3n) is 18.0. The summed E-state index contributed by atoms with van der Waals surface area (Å²) in [6, 6.07) is 63.1. The number of aliphatic hydroxyl groups is 7. The van der Waals surface area contributed by atoms with Gasteiger partial charge in [-0.1, -0.05) is 149 Å². The number of nitrogens with one attached hydrogen (secondary N) is 1. The molecule has 19 N–H and O–H groups in total. The van der Waals surface area contributed by atoms with Gasteiger partial charge in [0.2, 0.25) is 5.91 Å². The maximum Gasteiger partial charge on any atom is 0.407 e. The number of ether oxygens (including phenoxy) is 8. The molecular weight excluding hydrogens is 1710 g/mol. The van der Waals surface area contributed by atoms with Gasteiger partial charge in [-0.3, -0.25) is 9.59 Å². The van der Waals surface area contributed by atoms with E-state index in [2.05, 4.69) is 21.7 Å². The van der Waals surface area contributed by atoms with E-state index in [1.54, 1.807) is 38.5 Å². The average Bonchev–Trinajstić information content (AvgIpc) is 1.48. The van der Waals surface area contributed by atoms with Gasteiger partial charge in [0.25, 0.3) is 0 Å². The Morgan fingerprint density at radius 1 is 0.433 bits per heavy atom. The van der Waals surface area contributed by atoms with Crippen LogP contribution >= 0.6 is 28.6 Å². The number of carbonyl (C=O) groups excluding carboxylic acids is 3. The third kappa shape index (κ3) is 69.1. The summed E-state index contributed by atoms with van der Waals surface area (Å²) in [5.74, 6) is 3.83. The number of phenolic OH excluding ortho intramolecular Hbond substituents is 2. The van der Waals surface area contributed by atoms with Crippen LogP contribution in [0.2, 0.25) is 0 Å². The van der Waals surface area contributed by atoms with Crippen LogP contribution in [0.4, 0.5) is 9.59 Å². The van der Waals surface area contributed by atoms with Gasteiger partial charge in [-0.05, 0) is 271 Å². The zero-order valence-corrected chi connectivity index (χ0v) is 77.3. The zero-order valence-electron chi connectivity index (χ0n) is 74.9. The lowest BCUT2D eigenvalue weighted by molar-refractivity contribution is -0.137. The number of carboxylic acid groups (broad SMARTS) is 1. The van der Waals surface area contributed by atoms with E-state index in [1.807, 2.05) is 190 Å². The fraction of sp³-hybridized carbons (Fsp3) is 0.469. The van der Waals surface area contributed by atoms with Crippen LogP contribution in [0.25, 0.3) is 0 Å². The van der Waals surface area contributed by atoms with Crippen molar-refractivity contribution < 1.29 is 108 Å². The molecular formula is C98H145BrClN5O22. The number of unbranched alkanes of at least 4 members (excludes halogenated alkanes) is 6. The number of phenols is 2. The van der Waals surface area contributed by atoms with Crippen molar-refractivity contribution >= 4 is 52.0 Å². The van der Waals surface area contributed by atoms with E-state index in [0.717, 1.165) is 152 Å². The lowest BCUT2D eigenvalue weighted by atomic mass is 10.1. The van der Waals surface area contributed by atoms with Crippen LogP contribution in [-0.2, 0) is 75.4 Å². The van der Waals surface area contributed by atoms with Crippen LogP contribution in [0, 0.1) is 5.92 Å². The summed E-state index contributed by atoms with van der Waals surface area (Å²) in [5.41, 5.74) is 30.2. The van der Waals surface area contributed by atoms with E-state index in [0.29, 0.717) is 60.7 Å². The maximum absolute atomic E-state index is 11.6. The molecule has 1 aliphatic heterocycles. The first kappa shape index (κ1) is 117. The summed E-state index contributed by atoms with van der Waals surface area (Å²) in [7, 11) is 3.27. The van der Waals surface area contributed by atoms with Crippen molar-refractivity contribution in [2.24, 2.45) is 28.9 Å². The summed E-state index contributed by atoms with van der Waals surface area (Å²) in [6.45, 7) is 9.96. The molecule has 2 amide bonds. The Bertz CT molecular complexity index is 3740. The molecule has 0 bridgehead atoms. The van der Waals surface area contributed by atoms with Gasteiger partial charge >= 0.3 is 17.5 Å². The number of alkyl carbamates (subject to hydrolysis) is 1. The lowest BCUT2D eigenvalue weighted by Crippen LogP contribution is -2.25. The number of nitrogens with two attached hydrogens (primary N) is 4. The third-order valence-corrected chi connectivity index (χ3v) is 18.1. The van der Waals surface area contributed by atoms with Crippen molar-refractivity contribution in [1.82, 2.24) is 5.32 Å². The van der Waals surface area contributed by atoms with E-state index in [1.165, 1.54) is 52.6 Å². The van der Waals surface area contributed by atoms with Crippen molar-refractivity contribution in [3.05, 3.63) is 245 Å². The Kier molecular flexibility index (Phi) is 72.6. The van der Waals surface area contributed by atoms with E-state index in [9.17, 15) is 24.3 Å². The second kappa shape index (κ2) is 78.6. The molecule has 1 saturated heterocycles. The number of epoxide rings is 1. The van der Waals surface area contributed by atoms with E-state index >= 15 is 0 Å². The number of carboxylic acids is 1. The number of methoxy groups -OCH3 is 2. The van der Waals surface area contributed by atoms with Crippen LogP contribution in [0.1, 0.15) is 162 Å². The first-order valence-corrected chi connectivity index (χ1v) is 43.7. The SMILES string of the molecule is Br.CC(C)COC(=O)Cl.CCCCCc1ccc(O)cc1.COc1ccc(CCCC(=O)O)cc1.COc1ccc(CCCC(N)=O)cc1.NCCCCc1ccc(O)cc1.NCCCCc1ccc(OCC(O)CO)cc1.NCCCCc1ccc(OCC(O)CO)cc1.O=C(NCCCCc1ccc(OCC(O)CO)cc1)OCc1ccccc1.OCC1CO1. The molecule has 27 nitrogen and oxygen atoms in total. The Morgan fingerprint density at radius 2 is 0.748 bits per heavy atom. The predicted molar refractivity (Wildman–Crippen MR) is 506 cm³/mol. The number of benzene rings is 8. The molecule has 9 rings (SSSR count). The van der Waals surface area contributed by atoms with Crippen molar-refractivity contribution in [2.45, 2.75) is 193 Å². The smallest absolute Gasteiger partial charge is 0.407 e. The first-order chi connectivity index (χ1) is 60.8. The largest absolute Gasteiger partial charge is 0.508 e. The van der Waals surface area contributed by atoms with Gasteiger partial charge in [0.05, 0.1) is 53.9 Å². The number of aromatic hydroxyl groups is 2. The van der Waals surface area contributed by atoms with Gasteiger partial charge in [-0.25, -0.2) is 9.59 Å². The minimum atomic E-state index is -0.864. The standard InChI is InChI=1S/C21H27NO5.2C13H21NO3.C11H15NO2.C11H14O3.C11H16O.C10H15NO.C5H9ClO2.C3H6O2.BrH/c23-14-19(24)16-26-20-11-9-17(10-12-20)6-4-5-13-22-21(25)27-15-18-7-2-1-3-8-18;2*14-8-2-1-3-11-4-6-13(7-5-11)17-10-12(16)9-15;2*1-14-10-7-5-9(6-8-10)3-2-4-11(12)13;1-2-3-4-5-10-6-8-11(12)9-7-10;11-8-2-1-3-9-4-6-10(12)7-5-9;1-4(2)3-8-5(6)7;4-1-3-2-5-3;/h1-3,7-12,19,23-24H,4-6,13-16H2,(H,22,25);2*4-7,12,15-16H,1-3,8-10,14H2;5-8H,2-4H2,1H3,(H2,12,13);5-8H,2-4H2,1H3,(H,12,13);6-9,12H,2-5H2,1H3;4-7,12H,1-3,8,11H2;4H,3H2,1-2H3;3-4H,1-2H2;1H. The molecule has 1 aliphatic rings. The molecule has 127 heavy (non-hydrogen) atoms. The van der Waals surface area contributed by atoms with Gasteiger partial charge in [0.15, 0.2) is 0 Å². The molecule has 0 saturated carbocycles. The number of amides is 2. The monoisotopic (exact) mass is 1860 g/mol. The molecule has 708 valence electrons. The minimum Gasteiger partial charge on any atom is -0.508 e. The van der Waals surface area contributed by atoms with Crippen LogP contribution in [0.15, 0.2) is 200 Å². The van der Waals surface area contributed by atoms with E-state index < -0.39 is 35.8 Å². The quantitative estimate of drug-likeness (QED) is 0.00956. The van der Waals surface area contributed by atoms with Crippen molar-refractivity contribution in [3.63, 3.8) is 0 Å². The number of primary amides is 1. The van der Waals surface area contributed by atoms with E-state index in [4.69, 9.17) is 109 Å². The van der Waals surface area contributed by atoms with Gasteiger partial charge in [-0.15, -0.1) is 17.0 Å². The lowest BCUT2D eigenvalue weighted by Gasteiger charge is -2.10. The highest BCUT2D eigenvalue weighted by Gasteiger charge is 2.20. The fourth-order valence-corrected chi connectivity index (χ4v) is 10.7. The molecule has 8 aromatic rings. The van der Waals surface area contributed by atoms with Crippen LogP contribution in [0.3, 0.4) is 0 Å². The van der Waals surface area contributed by atoms with Gasteiger partial charge in [0, 0.05) is 31.0 Å². The fourth-order valence-electron chi connectivity index (χ4n) is 10.6. The van der Waals surface area contributed by atoms with Gasteiger partial charge in [-0.2, -0.15) is 0 Å². The van der Waals surface area contributed by atoms with E-state index in [-0.39, 0.29) is 88.3 Å². The zero-order chi connectivity index (χ0) is 93.0. The molecule has 0 radical (unpaired) electrons. The highest BCUT2D eigenvalue weighted by atomic mass is 79.9.